The lowest BCUT2D eigenvalue weighted by Gasteiger charge is -2.18. The van der Waals surface area contributed by atoms with Crippen molar-refractivity contribution in [2.75, 3.05) is 13.2 Å². The highest BCUT2D eigenvalue weighted by atomic mass is 16.6. The van der Waals surface area contributed by atoms with Crippen molar-refractivity contribution in [3.63, 3.8) is 0 Å². The third-order valence-electron chi connectivity index (χ3n) is 13.0. The number of carbonyl (C=O) groups excluding carboxylic acids is 3. The molecular weight excluding hydrogens is 961 g/mol. The largest absolute Gasteiger partial charge is 0.462 e. The van der Waals surface area contributed by atoms with Crippen LogP contribution >= 0.6 is 0 Å². The van der Waals surface area contributed by atoms with Gasteiger partial charge in [-0.1, -0.05) is 256 Å². The molecule has 0 aromatic heterocycles. The fourth-order valence-corrected chi connectivity index (χ4v) is 8.27. The molecule has 440 valence electrons. The molecule has 0 aromatic rings. The zero-order valence-corrected chi connectivity index (χ0v) is 50.4. The first kappa shape index (κ1) is 73.3. The van der Waals surface area contributed by atoms with Crippen molar-refractivity contribution in [1.29, 1.82) is 0 Å². The molecular formula is C72H116O6. The van der Waals surface area contributed by atoms with Gasteiger partial charge in [-0.05, 0) is 141 Å². The van der Waals surface area contributed by atoms with Gasteiger partial charge in [0.1, 0.15) is 13.2 Å². The maximum absolute atomic E-state index is 12.9. The van der Waals surface area contributed by atoms with E-state index in [4.69, 9.17) is 14.2 Å². The van der Waals surface area contributed by atoms with Gasteiger partial charge in [0, 0.05) is 19.3 Å². The molecule has 6 heteroatoms. The Morgan fingerprint density at radius 2 is 0.513 bits per heavy atom. The molecule has 0 rings (SSSR count). The van der Waals surface area contributed by atoms with Gasteiger partial charge < -0.3 is 14.2 Å². The molecule has 0 radical (unpaired) electrons. The summed E-state index contributed by atoms with van der Waals surface area (Å²) in [7, 11) is 0. The number of allylic oxidation sites excluding steroid dienone is 24. The fourth-order valence-electron chi connectivity index (χ4n) is 8.27. The lowest BCUT2D eigenvalue weighted by atomic mass is 10.1. The van der Waals surface area contributed by atoms with Crippen LogP contribution in [0.5, 0.6) is 0 Å². The molecule has 0 spiro atoms. The van der Waals surface area contributed by atoms with E-state index in [0.717, 1.165) is 135 Å². The Morgan fingerprint density at radius 3 is 0.846 bits per heavy atom. The molecule has 0 N–H and O–H groups in total. The highest BCUT2D eigenvalue weighted by Gasteiger charge is 2.19. The molecule has 0 heterocycles. The van der Waals surface area contributed by atoms with Crippen molar-refractivity contribution in [3.05, 3.63) is 146 Å². The first-order chi connectivity index (χ1) is 38.5. The van der Waals surface area contributed by atoms with E-state index >= 15 is 0 Å². The molecule has 0 bridgehead atoms. The van der Waals surface area contributed by atoms with E-state index in [1.165, 1.54) is 89.9 Å². The molecule has 0 aromatic carbocycles. The van der Waals surface area contributed by atoms with Crippen LogP contribution in [0.2, 0.25) is 0 Å². The van der Waals surface area contributed by atoms with Crippen LogP contribution in [-0.2, 0) is 28.6 Å². The highest BCUT2D eigenvalue weighted by Crippen LogP contribution is 2.14. The molecule has 0 aliphatic heterocycles. The van der Waals surface area contributed by atoms with Gasteiger partial charge in [0.2, 0.25) is 0 Å². The fraction of sp³-hybridized carbons (Fsp3) is 0.625. The molecule has 78 heavy (non-hydrogen) atoms. The number of hydrogen-bond acceptors (Lipinski definition) is 6. The van der Waals surface area contributed by atoms with Gasteiger partial charge in [-0.25, -0.2) is 0 Å². The summed E-state index contributed by atoms with van der Waals surface area (Å²) < 4.78 is 16.9. The predicted octanol–water partition coefficient (Wildman–Crippen LogP) is 21.9. The maximum atomic E-state index is 12.9. The van der Waals surface area contributed by atoms with E-state index in [1.807, 2.05) is 0 Å². The second-order valence-corrected chi connectivity index (χ2v) is 20.6. The summed E-state index contributed by atoms with van der Waals surface area (Å²) in [5, 5.41) is 0. The van der Waals surface area contributed by atoms with Crippen LogP contribution in [0, 0.1) is 0 Å². The molecule has 0 aliphatic rings. The highest BCUT2D eigenvalue weighted by molar-refractivity contribution is 5.71. The number of hydrogen-bond donors (Lipinski definition) is 0. The Morgan fingerprint density at radius 1 is 0.269 bits per heavy atom. The van der Waals surface area contributed by atoms with Crippen molar-refractivity contribution in [1.82, 2.24) is 0 Å². The summed E-state index contributed by atoms with van der Waals surface area (Å²) in [6, 6.07) is 0. The van der Waals surface area contributed by atoms with Crippen LogP contribution in [-0.4, -0.2) is 37.2 Å². The normalized spacial score (nSPS) is 13.1. The predicted molar refractivity (Wildman–Crippen MR) is 339 cm³/mol. The lowest BCUT2D eigenvalue weighted by Crippen LogP contribution is -2.30. The third-order valence-corrected chi connectivity index (χ3v) is 13.0. The number of esters is 3. The SMILES string of the molecule is CC/C=C\C/C=C\C/C=C\C/C=C\C/C=C\C/C=C\C/C=C\C/C=C\CCCCC(=O)OCC(COC(=O)CCCCCCC/C=C\C/C=C\CCCC)OC(=O)CCCCCCCCCCC/C=C\C/C=C\CCCCC. The summed E-state index contributed by atoms with van der Waals surface area (Å²) in [4.78, 5) is 38.3. The van der Waals surface area contributed by atoms with E-state index in [2.05, 4.69) is 167 Å². The van der Waals surface area contributed by atoms with Gasteiger partial charge in [-0.15, -0.1) is 0 Å². The molecule has 0 fully saturated rings. The Labute approximate surface area is 480 Å². The number of ether oxygens (including phenoxy) is 3. The maximum Gasteiger partial charge on any atom is 0.306 e. The smallest absolute Gasteiger partial charge is 0.306 e. The van der Waals surface area contributed by atoms with E-state index < -0.39 is 6.10 Å². The van der Waals surface area contributed by atoms with Crippen molar-refractivity contribution in [2.45, 2.75) is 277 Å². The Hall–Kier alpha value is -4.71. The summed E-state index contributed by atoms with van der Waals surface area (Å²) in [5.41, 5.74) is 0. The van der Waals surface area contributed by atoms with Crippen molar-refractivity contribution in [3.8, 4) is 0 Å². The second kappa shape index (κ2) is 64.8. The number of rotatable bonds is 56. The molecule has 1 atom stereocenters. The third kappa shape index (κ3) is 62.1. The van der Waals surface area contributed by atoms with Gasteiger partial charge in [0.05, 0.1) is 0 Å². The Bertz CT molecular complexity index is 1710. The van der Waals surface area contributed by atoms with Crippen molar-refractivity contribution < 1.29 is 28.6 Å². The van der Waals surface area contributed by atoms with Gasteiger partial charge >= 0.3 is 17.9 Å². The van der Waals surface area contributed by atoms with Crippen molar-refractivity contribution >= 4 is 17.9 Å². The summed E-state index contributed by atoms with van der Waals surface area (Å²) >= 11 is 0. The Kier molecular flexibility index (Phi) is 60.9. The lowest BCUT2D eigenvalue weighted by molar-refractivity contribution is -0.167. The topological polar surface area (TPSA) is 78.9 Å². The zero-order valence-electron chi connectivity index (χ0n) is 50.4. The zero-order chi connectivity index (χ0) is 56.4. The molecule has 1 unspecified atom stereocenters. The average molecular weight is 1080 g/mol. The van der Waals surface area contributed by atoms with E-state index in [0.29, 0.717) is 25.7 Å². The molecule has 0 saturated carbocycles. The Balaban J connectivity index is 4.47. The van der Waals surface area contributed by atoms with Crippen LogP contribution in [0.1, 0.15) is 271 Å². The van der Waals surface area contributed by atoms with Crippen LogP contribution in [0.4, 0.5) is 0 Å². The minimum Gasteiger partial charge on any atom is -0.462 e. The quantitative estimate of drug-likeness (QED) is 0.0261. The average Bonchev–Trinajstić information content (AvgIpc) is 3.44. The number of unbranched alkanes of at least 4 members (excludes halogenated alkanes) is 21. The van der Waals surface area contributed by atoms with Gasteiger partial charge in [0.15, 0.2) is 6.10 Å². The molecule has 0 saturated heterocycles. The first-order valence-corrected chi connectivity index (χ1v) is 31.8. The van der Waals surface area contributed by atoms with Gasteiger partial charge in [0.25, 0.3) is 0 Å². The molecule has 0 amide bonds. The van der Waals surface area contributed by atoms with Crippen LogP contribution in [0.3, 0.4) is 0 Å². The van der Waals surface area contributed by atoms with Crippen LogP contribution in [0.15, 0.2) is 146 Å². The standard InChI is InChI=1S/C72H116O6/c1-4-7-10-13-16-19-22-25-28-30-32-33-34-35-36-37-38-39-41-42-44-47-50-53-56-59-62-65-71(74)77-68-69(67-76-70(73)64-61-58-55-52-49-46-27-24-21-18-15-12-9-6-3)78-72(75)66-63-60-57-54-51-48-45-43-40-31-29-26-23-20-17-14-11-8-5-2/h7,10,15-20,24-29,32-33,35-36,38-39,42,44,50,53,69H,4-6,8-9,11-14,21-23,30-31,34,37,40-41,43,45-49,51-52,54-68H2,1-3H3/b10-7-,18-15-,19-16-,20-17-,27-24-,28-25-,29-26-,33-32-,36-35-,39-38-,44-42-,53-50-. The van der Waals surface area contributed by atoms with Crippen LogP contribution in [0.25, 0.3) is 0 Å². The monoisotopic (exact) mass is 1080 g/mol. The molecule has 0 aliphatic carbocycles. The van der Waals surface area contributed by atoms with Crippen molar-refractivity contribution in [2.24, 2.45) is 0 Å². The minimum atomic E-state index is -0.812. The summed E-state index contributed by atoms with van der Waals surface area (Å²) in [6.45, 7) is 6.41. The van der Waals surface area contributed by atoms with Gasteiger partial charge in [-0.3, -0.25) is 14.4 Å². The second-order valence-electron chi connectivity index (χ2n) is 20.6. The first-order valence-electron chi connectivity index (χ1n) is 31.8. The van der Waals surface area contributed by atoms with E-state index in [9.17, 15) is 14.4 Å². The summed E-state index contributed by atoms with van der Waals surface area (Å²) in [6.07, 6.45) is 92.7. The van der Waals surface area contributed by atoms with Crippen LogP contribution < -0.4 is 0 Å². The summed E-state index contributed by atoms with van der Waals surface area (Å²) in [5.74, 6) is -0.969. The minimum absolute atomic E-state index is 0.106. The van der Waals surface area contributed by atoms with Gasteiger partial charge in [-0.2, -0.15) is 0 Å². The van der Waals surface area contributed by atoms with E-state index in [-0.39, 0.29) is 31.1 Å². The number of carbonyl (C=O) groups is 3. The molecule has 6 nitrogen and oxygen atoms in total. The van der Waals surface area contributed by atoms with E-state index in [1.54, 1.807) is 0 Å².